The van der Waals surface area contributed by atoms with Gasteiger partial charge in [-0.2, -0.15) is 0 Å². The van der Waals surface area contributed by atoms with E-state index >= 15 is 0 Å². The Morgan fingerprint density at radius 2 is 1.63 bits per heavy atom. The van der Waals surface area contributed by atoms with Crippen molar-refractivity contribution in [3.63, 3.8) is 0 Å². The monoisotopic (exact) mass is 271 g/mol. The van der Waals surface area contributed by atoms with E-state index in [2.05, 4.69) is 0 Å². The minimum atomic E-state index is 0.758. The number of hydrogen-bond acceptors (Lipinski definition) is 1. The van der Waals surface area contributed by atoms with Gasteiger partial charge in [0.15, 0.2) is 6.29 Å². The van der Waals surface area contributed by atoms with Gasteiger partial charge in [-0.05, 0) is 18.2 Å². The molecule has 1 aromatic heterocycles. The van der Waals surface area contributed by atoms with Crippen LogP contribution in [0.25, 0.3) is 10.9 Å². The molecular formula is C16H14ClNO. The summed E-state index contributed by atoms with van der Waals surface area (Å²) in [7, 11) is 1.94. The molecule has 0 aliphatic rings. The van der Waals surface area contributed by atoms with Gasteiger partial charge in [-0.25, -0.2) is 0 Å². The van der Waals surface area contributed by atoms with Crippen LogP contribution in [0.3, 0.4) is 0 Å². The fourth-order valence-corrected chi connectivity index (χ4v) is 2.03. The number of aromatic nitrogens is 1. The molecule has 0 spiro atoms. The molecule has 0 N–H and O–H groups in total. The largest absolute Gasteiger partial charge is 0.350 e. The van der Waals surface area contributed by atoms with E-state index in [1.54, 1.807) is 0 Å². The van der Waals surface area contributed by atoms with E-state index in [-0.39, 0.29) is 0 Å². The normalized spacial score (nSPS) is 9.79. The molecule has 0 radical (unpaired) electrons. The first-order chi connectivity index (χ1) is 9.22. The summed E-state index contributed by atoms with van der Waals surface area (Å²) in [4.78, 5) is 10.6. The van der Waals surface area contributed by atoms with Gasteiger partial charge in [0.05, 0.1) is 0 Å². The highest BCUT2D eigenvalue weighted by Crippen LogP contribution is 2.17. The number of halogens is 1. The minimum Gasteiger partial charge on any atom is -0.350 e. The molecule has 96 valence electrons. The summed E-state index contributed by atoms with van der Waals surface area (Å²) in [6, 6.07) is 17.3. The third-order valence-corrected chi connectivity index (χ3v) is 3.04. The molecule has 3 aromatic rings. The Balaban J connectivity index is 0.000000163. The van der Waals surface area contributed by atoms with Gasteiger partial charge in [0.25, 0.3) is 0 Å². The van der Waals surface area contributed by atoms with E-state index in [1.165, 1.54) is 0 Å². The molecular weight excluding hydrogens is 258 g/mol. The zero-order chi connectivity index (χ0) is 13.7. The van der Waals surface area contributed by atoms with E-state index in [1.807, 2.05) is 72.4 Å². The fourth-order valence-electron chi connectivity index (χ4n) is 1.88. The maximum Gasteiger partial charge on any atom is 0.152 e. The Labute approximate surface area is 117 Å². The first-order valence-electron chi connectivity index (χ1n) is 5.92. The van der Waals surface area contributed by atoms with Gasteiger partial charge in [0.2, 0.25) is 0 Å². The second-order valence-corrected chi connectivity index (χ2v) is 4.56. The predicted octanol–water partition coefficient (Wildman–Crippen LogP) is 4.33. The number of fused-ring (bicyclic) bond motifs is 1. The van der Waals surface area contributed by atoms with Crippen LogP contribution in [0.4, 0.5) is 0 Å². The average molecular weight is 272 g/mol. The van der Waals surface area contributed by atoms with E-state index in [0.29, 0.717) is 0 Å². The van der Waals surface area contributed by atoms with E-state index in [4.69, 9.17) is 11.6 Å². The Bertz CT molecular complexity index is 674. The summed E-state index contributed by atoms with van der Waals surface area (Å²) in [6.07, 6.45) is 2.74. The summed E-state index contributed by atoms with van der Waals surface area (Å²) < 4.78 is 1.96. The quantitative estimate of drug-likeness (QED) is 0.604. The number of carbonyl (C=O) groups excluding carboxylic acids is 1. The molecule has 1 heterocycles. The van der Waals surface area contributed by atoms with Crippen LogP contribution < -0.4 is 0 Å². The van der Waals surface area contributed by atoms with Crippen LogP contribution in [0.5, 0.6) is 0 Å². The molecule has 0 aliphatic heterocycles. The van der Waals surface area contributed by atoms with Crippen LogP contribution in [0, 0.1) is 0 Å². The third kappa shape index (κ3) is 3.24. The van der Waals surface area contributed by atoms with Crippen molar-refractivity contribution < 1.29 is 4.79 Å². The number of aldehydes is 1. The fraction of sp³-hybridized carbons (Fsp3) is 0.0625. The van der Waals surface area contributed by atoms with E-state index in [0.717, 1.165) is 27.8 Å². The van der Waals surface area contributed by atoms with Gasteiger partial charge in [-0.1, -0.05) is 48.0 Å². The average Bonchev–Trinajstić information content (AvgIpc) is 2.78. The number of para-hydroxylation sites is 1. The topological polar surface area (TPSA) is 22.0 Å². The molecule has 0 aliphatic carbocycles. The van der Waals surface area contributed by atoms with Crippen LogP contribution >= 0.6 is 11.6 Å². The van der Waals surface area contributed by atoms with Crippen LogP contribution in [0.2, 0.25) is 5.02 Å². The first kappa shape index (κ1) is 13.4. The molecule has 0 saturated heterocycles. The standard InChI is InChI=1S/C10H9NO.C6H5Cl/c1-11-6-8(7-12)9-4-2-3-5-10(9)11;7-6-4-2-1-3-5-6/h2-7H,1H3;1-5H. The molecule has 0 fully saturated rings. The molecule has 3 heteroatoms. The molecule has 19 heavy (non-hydrogen) atoms. The lowest BCUT2D eigenvalue weighted by atomic mass is 10.2. The molecule has 0 bridgehead atoms. The molecule has 0 unspecified atom stereocenters. The summed E-state index contributed by atoms with van der Waals surface area (Å²) in [6.45, 7) is 0. The smallest absolute Gasteiger partial charge is 0.152 e. The Hall–Kier alpha value is -2.06. The van der Waals surface area contributed by atoms with Crippen LogP contribution in [0.15, 0.2) is 60.8 Å². The number of hydrogen-bond donors (Lipinski definition) is 0. The highest BCUT2D eigenvalue weighted by Gasteiger charge is 2.02. The maximum atomic E-state index is 10.6. The second kappa shape index (κ2) is 6.21. The Kier molecular flexibility index (Phi) is 4.37. The van der Waals surface area contributed by atoms with Gasteiger partial charge in [0, 0.05) is 34.7 Å². The van der Waals surface area contributed by atoms with Gasteiger partial charge in [-0.3, -0.25) is 4.79 Å². The number of carbonyl (C=O) groups is 1. The highest BCUT2D eigenvalue weighted by molar-refractivity contribution is 6.30. The lowest BCUT2D eigenvalue weighted by Crippen LogP contribution is -1.81. The molecule has 0 atom stereocenters. The third-order valence-electron chi connectivity index (χ3n) is 2.79. The summed E-state index contributed by atoms with van der Waals surface area (Å²) >= 11 is 5.54. The number of nitrogens with zero attached hydrogens (tertiary/aromatic N) is 1. The molecule has 2 nitrogen and oxygen atoms in total. The first-order valence-corrected chi connectivity index (χ1v) is 6.30. The molecule has 0 saturated carbocycles. The van der Waals surface area contributed by atoms with Crippen molar-refractivity contribution in [3.8, 4) is 0 Å². The van der Waals surface area contributed by atoms with Crippen molar-refractivity contribution in [2.24, 2.45) is 7.05 Å². The van der Waals surface area contributed by atoms with Gasteiger partial charge >= 0.3 is 0 Å². The number of benzene rings is 2. The lowest BCUT2D eigenvalue weighted by molar-refractivity contribution is 0.112. The number of aryl methyl sites for hydroxylation is 1. The van der Waals surface area contributed by atoms with Crippen molar-refractivity contribution in [2.75, 3.05) is 0 Å². The Morgan fingerprint density at radius 1 is 1.00 bits per heavy atom. The molecule has 3 rings (SSSR count). The lowest BCUT2D eigenvalue weighted by Gasteiger charge is -1.92. The van der Waals surface area contributed by atoms with E-state index in [9.17, 15) is 4.79 Å². The van der Waals surface area contributed by atoms with Crippen LogP contribution in [0.1, 0.15) is 10.4 Å². The molecule has 0 amide bonds. The van der Waals surface area contributed by atoms with Crippen LogP contribution in [-0.4, -0.2) is 10.9 Å². The zero-order valence-corrected chi connectivity index (χ0v) is 11.3. The van der Waals surface area contributed by atoms with E-state index < -0.39 is 0 Å². The Morgan fingerprint density at radius 3 is 2.21 bits per heavy atom. The summed E-state index contributed by atoms with van der Waals surface area (Å²) in [5.74, 6) is 0. The van der Waals surface area contributed by atoms with Gasteiger partial charge < -0.3 is 4.57 Å². The summed E-state index contributed by atoms with van der Waals surface area (Å²) in [5.41, 5.74) is 1.85. The predicted molar refractivity (Wildman–Crippen MR) is 79.8 cm³/mol. The highest BCUT2D eigenvalue weighted by atomic mass is 35.5. The minimum absolute atomic E-state index is 0.758. The maximum absolute atomic E-state index is 10.6. The second-order valence-electron chi connectivity index (χ2n) is 4.13. The van der Waals surface area contributed by atoms with Crippen molar-refractivity contribution in [3.05, 3.63) is 71.4 Å². The van der Waals surface area contributed by atoms with Gasteiger partial charge in [0.1, 0.15) is 0 Å². The zero-order valence-electron chi connectivity index (χ0n) is 10.6. The van der Waals surface area contributed by atoms with Crippen molar-refractivity contribution in [2.45, 2.75) is 0 Å². The van der Waals surface area contributed by atoms with Gasteiger partial charge in [-0.15, -0.1) is 0 Å². The molecule has 2 aromatic carbocycles. The van der Waals surface area contributed by atoms with Crippen molar-refractivity contribution in [1.82, 2.24) is 4.57 Å². The summed E-state index contributed by atoms with van der Waals surface area (Å²) in [5, 5.41) is 1.82. The van der Waals surface area contributed by atoms with Crippen LogP contribution in [-0.2, 0) is 7.05 Å². The van der Waals surface area contributed by atoms with Crippen molar-refractivity contribution in [1.29, 1.82) is 0 Å². The number of rotatable bonds is 1. The van der Waals surface area contributed by atoms with Crippen molar-refractivity contribution >= 4 is 28.8 Å². The SMILES string of the molecule is Clc1ccccc1.Cn1cc(C=O)c2ccccc21.